The fourth-order valence-electron chi connectivity index (χ4n) is 1.65. The van der Waals surface area contributed by atoms with Crippen molar-refractivity contribution in [1.82, 2.24) is 10.3 Å². The highest BCUT2D eigenvalue weighted by molar-refractivity contribution is 5.94. The largest absolute Gasteiger partial charge is 0.399 e. The molecule has 1 amide bonds. The van der Waals surface area contributed by atoms with Gasteiger partial charge in [-0.3, -0.25) is 9.78 Å². The molecule has 1 aromatic heterocycles. The average molecular weight is 241 g/mol. The molecule has 0 fully saturated rings. The van der Waals surface area contributed by atoms with Crippen LogP contribution in [0.5, 0.6) is 0 Å². The number of aromatic nitrogens is 1. The molecule has 1 atom stereocenters. The van der Waals surface area contributed by atoms with Crippen molar-refractivity contribution in [2.24, 2.45) is 0 Å². The summed E-state index contributed by atoms with van der Waals surface area (Å²) in [5.41, 5.74) is 7.85. The molecule has 2 rings (SSSR count). The number of pyridine rings is 1. The number of rotatable bonds is 3. The minimum atomic E-state index is -0.112. The van der Waals surface area contributed by atoms with E-state index in [1.54, 1.807) is 36.7 Å². The summed E-state index contributed by atoms with van der Waals surface area (Å²) in [6.45, 7) is 1.94. The molecule has 92 valence electrons. The zero-order valence-electron chi connectivity index (χ0n) is 10.1. The molecule has 0 saturated carbocycles. The van der Waals surface area contributed by atoms with Crippen molar-refractivity contribution in [2.45, 2.75) is 13.0 Å². The predicted molar refractivity (Wildman–Crippen MR) is 71.0 cm³/mol. The molecule has 0 radical (unpaired) electrons. The summed E-state index contributed by atoms with van der Waals surface area (Å²) >= 11 is 0. The Labute approximate surface area is 106 Å². The van der Waals surface area contributed by atoms with Crippen molar-refractivity contribution >= 4 is 11.6 Å². The van der Waals surface area contributed by atoms with Crippen molar-refractivity contribution in [1.29, 1.82) is 0 Å². The number of anilines is 1. The summed E-state index contributed by atoms with van der Waals surface area (Å²) in [5, 5.41) is 2.92. The van der Waals surface area contributed by atoms with E-state index in [1.807, 2.05) is 19.1 Å². The van der Waals surface area contributed by atoms with Crippen LogP contribution in [-0.4, -0.2) is 10.9 Å². The maximum atomic E-state index is 12.0. The summed E-state index contributed by atoms with van der Waals surface area (Å²) in [4.78, 5) is 15.9. The van der Waals surface area contributed by atoms with Gasteiger partial charge in [-0.25, -0.2) is 0 Å². The first-order valence-electron chi connectivity index (χ1n) is 5.73. The van der Waals surface area contributed by atoms with Gasteiger partial charge in [0.1, 0.15) is 0 Å². The Balaban J connectivity index is 2.06. The Hall–Kier alpha value is -2.36. The second-order valence-electron chi connectivity index (χ2n) is 4.10. The fraction of sp³-hybridized carbons (Fsp3) is 0.143. The molecular formula is C14H15N3O. The van der Waals surface area contributed by atoms with Gasteiger partial charge < -0.3 is 11.1 Å². The van der Waals surface area contributed by atoms with E-state index in [-0.39, 0.29) is 11.9 Å². The van der Waals surface area contributed by atoms with Crippen LogP contribution in [0.2, 0.25) is 0 Å². The van der Waals surface area contributed by atoms with Crippen LogP contribution >= 0.6 is 0 Å². The predicted octanol–water partition coefficient (Wildman–Crippen LogP) is 2.15. The van der Waals surface area contributed by atoms with Gasteiger partial charge >= 0.3 is 0 Å². The van der Waals surface area contributed by atoms with Gasteiger partial charge in [0.2, 0.25) is 0 Å². The van der Waals surface area contributed by atoms with Crippen molar-refractivity contribution in [3.8, 4) is 0 Å². The van der Waals surface area contributed by atoms with Crippen LogP contribution in [0.1, 0.15) is 28.9 Å². The lowest BCUT2D eigenvalue weighted by Crippen LogP contribution is -2.26. The molecular weight excluding hydrogens is 226 g/mol. The zero-order chi connectivity index (χ0) is 13.0. The van der Waals surface area contributed by atoms with Gasteiger partial charge in [0.15, 0.2) is 0 Å². The van der Waals surface area contributed by atoms with Crippen LogP contribution in [0.15, 0.2) is 48.8 Å². The van der Waals surface area contributed by atoms with E-state index in [0.717, 1.165) is 5.56 Å². The van der Waals surface area contributed by atoms with E-state index in [1.165, 1.54) is 0 Å². The third kappa shape index (κ3) is 2.85. The second-order valence-corrected chi connectivity index (χ2v) is 4.10. The zero-order valence-corrected chi connectivity index (χ0v) is 10.1. The van der Waals surface area contributed by atoms with Crippen LogP contribution in [0.3, 0.4) is 0 Å². The maximum Gasteiger partial charge on any atom is 0.251 e. The number of hydrogen-bond acceptors (Lipinski definition) is 3. The lowest BCUT2D eigenvalue weighted by Gasteiger charge is -2.14. The van der Waals surface area contributed by atoms with Crippen LogP contribution < -0.4 is 11.1 Å². The van der Waals surface area contributed by atoms with Gasteiger partial charge in [-0.05, 0) is 48.9 Å². The Morgan fingerprint density at radius 2 is 1.78 bits per heavy atom. The lowest BCUT2D eigenvalue weighted by molar-refractivity contribution is 0.0940. The van der Waals surface area contributed by atoms with E-state index in [2.05, 4.69) is 10.3 Å². The molecule has 0 saturated heterocycles. The number of carbonyl (C=O) groups excluding carboxylic acids is 1. The highest BCUT2D eigenvalue weighted by Gasteiger charge is 2.10. The summed E-state index contributed by atoms with van der Waals surface area (Å²) in [7, 11) is 0. The summed E-state index contributed by atoms with van der Waals surface area (Å²) in [6.07, 6.45) is 3.42. The first kappa shape index (κ1) is 12.1. The van der Waals surface area contributed by atoms with Gasteiger partial charge in [0.05, 0.1) is 6.04 Å². The standard InChI is InChI=1S/C14H15N3O/c1-10(11-6-8-16-9-7-11)17-14(18)12-2-4-13(15)5-3-12/h2-10H,15H2,1H3,(H,17,18)/t10-/m0/s1. The first-order chi connectivity index (χ1) is 8.66. The van der Waals surface area contributed by atoms with Crippen LogP contribution in [0, 0.1) is 0 Å². The van der Waals surface area contributed by atoms with E-state index in [9.17, 15) is 4.79 Å². The topological polar surface area (TPSA) is 68.0 Å². The van der Waals surface area contributed by atoms with Crippen molar-refractivity contribution in [3.63, 3.8) is 0 Å². The van der Waals surface area contributed by atoms with E-state index >= 15 is 0 Å². The number of nitrogen functional groups attached to an aromatic ring is 1. The smallest absolute Gasteiger partial charge is 0.251 e. The van der Waals surface area contributed by atoms with Gasteiger partial charge in [-0.2, -0.15) is 0 Å². The first-order valence-corrected chi connectivity index (χ1v) is 5.73. The summed E-state index contributed by atoms with van der Waals surface area (Å²) in [5.74, 6) is -0.112. The number of hydrogen-bond donors (Lipinski definition) is 2. The third-order valence-corrected chi connectivity index (χ3v) is 2.73. The van der Waals surface area contributed by atoms with Crippen molar-refractivity contribution < 1.29 is 4.79 Å². The summed E-state index contributed by atoms with van der Waals surface area (Å²) in [6, 6.07) is 10.6. The molecule has 1 heterocycles. The molecule has 3 N–H and O–H groups in total. The lowest BCUT2D eigenvalue weighted by atomic mass is 10.1. The molecule has 2 aromatic rings. The Morgan fingerprint density at radius 1 is 1.17 bits per heavy atom. The molecule has 4 heteroatoms. The van der Waals surface area contributed by atoms with E-state index in [4.69, 9.17) is 5.73 Å². The quantitative estimate of drug-likeness (QED) is 0.809. The molecule has 0 aliphatic heterocycles. The average Bonchev–Trinajstić information content (AvgIpc) is 2.40. The Morgan fingerprint density at radius 3 is 2.39 bits per heavy atom. The molecule has 0 aliphatic carbocycles. The summed E-state index contributed by atoms with van der Waals surface area (Å²) < 4.78 is 0. The number of nitrogens with one attached hydrogen (secondary N) is 1. The SMILES string of the molecule is C[C@H](NC(=O)c1ccc(N)cc1)c1ccncc1. The van der Waals surface area contributed by atoms with Crippen LogP contribution in [0.4, 0.5) is 5.69 Å². The van der Waals surface area contributed by atoms with Gasteiger partial charge in [-0.15, -0.1) is 0 Å². The van der Waals surface area contributed by atoms with Crippen molar-refractivity contribution in [3.05, 3.63) is 59.9 Å². The third-order valence-electron chi connectivity index (χ3n) is 2.73. The van der Waals surface area contributed by atoms with E-state index in [0.29, 0.717) is 11.3 Å². The number of amides is 1. The normalized spacial score (nSPS) is 11.8. The Bertz CT molecular complexity index is 522. The molecule has 1 aromatic carbocycles. The molecule has 0 bridgehead atoms. The van der Waals surface area contributed by atoms with Crippen LogP contribution in [-0.2, 0) is 0 Å². The highest BCUT2D eigenvalue weighted by Crippen LogP contribution is 2.12. The monoisotopic (exact) mass is 241 g/mol. The number of carbonyl (C=O) groups is 1. The van der Waals surface area contributed by atoms with Crippen molar-refractivity contribution in [2.75, 3.05) is 5.73 Å². The van der Waals surface area contributed by atoms with Gasteiger partial charge in [0, 0.05) is 23.6 Å². The fourth-order valence-corrected chi connectivity index (χ4v) is 1.65. The van der Waals surface area contributed by atoms with Crippen LogP contribution in [0.25, 0.3) is 0 Å². The molecule has 0 spiro atoms. The molecule has 18 heavy (non-hydrogen) atoms. The second kappa shape index (κ2) is 5.31. The minimum absolute atomic E-state index is 0.0574. The number of benzene rings is 1. The molecule has 4 nitrogen and oxygen atoms in total. The number of nitrogens with two attached hydrogens (primary N) is 1. The highest BCUT2D eigenvalue weighted by atomic mass is 16.1. The number of nitrogens with zero attached hydrogens (tertiary/aromatic N) is 1. The minimum Gasteiger partial charge on any atom is -0.399 e. The molecule has 0 unspecified atom stereocenters. The Kier molecular flexibility index (Phi) is 3.57. The van der Waals surface area contributed by atoms with Gasteiger partial charge in [-0.1, -0.05) is 0 Å². The molecule has 0 aliphatic rings. The maximum absolute atomic E-state index is 12.0. The van der Waals surface area contributed by atoms with Gasteiger partial charge in [0.25, 0.3) is 5.91 Å². The van der Waals surface area contributed by atoms with E-state index < -0.39 is 0 Å².